The SMILES string of the molecule is CCCCCc1csnc1N. The van der Waals surface area contributed by atoms with Gasteiger partial charge < -0.3 is 5.73 Å². The summed E-state index contributed by atoms with van der Waals surface area (Å²) in [6.07, 6.45) is 4.88. The highest BCUT2D eigenvalue weighted by molar-refractivity contribution is 7.04. The van der Waals surface area contributed by atoms with Crippen LogP contribution in [0.15, 0.2) is 5.38 Å². The summed E-state index contributed by atoms with van der Waals surface area (Å²) >= 11 is 1.45. The molecule has 0 aromatic carbocycles. The Kier molecular flexibility index (Phi) is 3.36. The standard InChI is InChI=1S/C8H14N2S/c1-2-3-4-5-7-6-11-10-8(7)9/h6H,2-5H2,1H3,(H2,9,10). The van der Waals surface area contributed by atoms with Crippen LogP contribution in [0, 0.1) is 0 Å². The van der Waals surface area contributed by atoms with Gasteiger partial charge in [0.1, 0.15) is 5.82 Å². The number of unbranched alkanes of at least 4 members (excludes halogenated alkanes) is 2. The minimum absolute atomic E-state index is 0.728. The Morgan fingerprint density at radius 1 is 1.55 bits per heavy atom. The summed E-state index contributed by atoms with van der Waals surface area (Å²) < 4.78 is 4.01. The average molecular weight is 170 g/mol. The van der Waals surface area contributed by atoms with Gasteiger partial charge in [0.05, 0.1) is 0 Å². The summed E-state index contributed by atoms with van der Waals surface area (Å²) in [6.45, 7) is 2.20. The lowest BCUT2D eigenvalue weighted by Gasteiger charge is -1.96. The molecule has 0 aliphatic rings. The normalized spacial score (nSPS) is 10.3. The van der Waals surface area contributed by atoms with Gasteiger partial charge in [0.25, 0.3) is 0 Å². The smallest absolute Gasteiger partial charge is 0.140 e. The van der Waals surface area contributed by atoms with Crippen molar-refractivity contribution in [3.63, 3.8) is 0 Å². The van der Waals surface area contributed by atoms with Crippen molar-refractivity contribution in [1.29, 1.82) is 0 Å². The Bertz CT molecular complexity index is 208. The third-order valence-corrected chi connectivity index (χ3v) is 2.42. The largest absolute Gasteiger partial charge is 0.383 e. The van der Waals surface area contributed by atoms with E-state index >= 15 is 0 Å². The lowest BCUT2D eigenvalue weighted by molar-refractivity contribution is 0.719. The van der Waals surface area contributed by atoms with Crippen LogP contribution in [0.3, 0.4) is 0 Å². The number of aromatic nitrogens is 1. The molecule has 0 aliphatic carbocycles. The average Bonchev–Trinajstić information content (AvgIpc) is 2.37. The molecular weight excluding hydrogens is 156 g/mol. The lowest BCUT2D eigenvalue weighted by Crippen LogP contribution is -1.91. The Hall–Kier alpha value is -0.570. The third-order valence-electron chi connectivity index (χ3n) is 1.72. The zero-order chi connectivity index (χ0) is 8.10. The zero-order valence-electron chi connectivity index (χ0n) is 6.84. The molecule has 0 radical (unpaired) electrons. The maximum Gasteiger partial charge on any atom is 0.140 e. The van der Waals surface area contributed by atoms with Gasteiger partial charge in [-0.2, -0.15) is 4.37 Å². The van der Waals surface area contributed by atoms with E-state index in [1.54, 1.807) is 0 Å². The van der Waals surface area contributed by atoms with E-state index in [2.05, 4.69) is 11.3 Å². The highest BCUT2D eigenvalue weighted by Gasteiger charge is 1.99. The highest BCUT2D eigenvalue weighted by Crippen LogP contribution is 2.15. The van der Waals surface area contributed by atoms with Crippen LogP contribution < -0.4 is 5.73 Å². The minimum atomic E-state index is 0.728. The van der Waals surface area contributed by atoms with Gasteiger partial charge in [-0.05, 0) is 24.4 Å². The molecule has 1 aromatic heterocycles. The molecule has 2 N–H and O–H groups in total. The number of nitrogens with zero attached hydrogens (tertiary/aromatic N) is 1. The second-order valence-electron chi connectivity index (χ2n) is 2.68. The van der Waals surface area contributed by atoms with Gasteiger partial charge in [-0.1, -0.05) is 19.8 Å². The molecule has 0 bridgehead atoms. The molecule has 1 aromatic rings. The number of hydrogen-bond acceptors (Lipinski definition) is 3. The van der Waals surface area contributed by atoms with Crippen molar-refractivity contribution in [2.45, 2.75) is 32.6 Å². The van der Waals surface area contributed by atoms with E-state index < -0.39 is 0 Å². The first kappa shape index (κ1) is 8.53. The van der Waals surface area contributed by atoms with Crippen LogP contribution in [0.2, 0.25) is 0 Å². The summed E-state index contributed by atoms with van der Waals surface area (Å²) in [5.41, 5.74) is 6.85. The Morgan fingerprint density at radius 2 is 2.36 bits per heavy atom. The van der Waals surface area contributed by atoms with Crippen LogP contribution in [-0.4, -0.2) is 4.37 Å². The topological polar surface area (TPSA) is 38.9 Å². The van der Waals surface area contributed by atoms with Crippen molar-refractivity contribution in [1.82, 2.24) is 4.37 Å². The molecule has 0 atom stereocenters. The summed E-state index contributed by atoms with van der Waals surface area (Å²) in [5.74, 6) is 0.728. The number of rotatable bonds is 4. The molecule has 0 fully saturated rings. The molecule has 0 saturated carbocycles. The molecule has 0 saturated heterocycles. The summed E-state index contributed by atoms with van der Waals surface area (Å²) in [5, 5.41) is 2.05. The Labute approximate surface area is 71.6 Å². The number of anilines is 1. The predicted octanol–water partition coefficient (Wildman–Crippen LogP) is 2.46. The molecule has 0 amide bonds. The van der Waals surface area contributed by atoms with Crippen LogP contribution in [0.25, 0.3) is 0 Å². The van der Waals surface area contributed by atoms with Crippen molar-refractivity contribution in [2.24, 2.45) is 0 Å². The number of nitrogens with two attached hydrogens (primary N) is 1. The van der Waals surface area contributed by atoms with E-state index in [1.807, 2.05) is 5.38 Å². The van der Waals surface area contributed by atoms with Crippen molar-refractivity contribution < 1.29 is 0 Å². The van der Waals surface area contributed by atoms with Crippen molar-refractivity contribution in [3.8, 4) is 0 Å². The van der Waals surface area contributed by atoms with Crippen molar-refractivity contribution in [2.75, 3.05) is 5.73 Å². The maximum atomic E-state index is 5.62. The van der Waals surface area contributed by atoms with Crippen LogP contribution >= 0.6 is 11.5 Å². The van der Waals surface area contributed by atoms with Crippen LogP contribution in [-0.2, 0) is 6.42 Å². The molecule has 0 aliphatic heterocycles. The second kappa shape index (κ2) is 4.34. The second-order valence-corrected chi connectivity index (χ2v) is 3.31. The zero-order valence-corrected chi connectivity index (χ0v) is 7.66. The fourth-order valence-electron chi connectivity index (χ4n) is 1.02. The van der Waals surface area contributed by atoms with Gasteiger partial charge >= 0.3 is 0 Å². The Balaban J connectivity index is 2.32. The first-order valence-electron chi connectivity index (χ1n) is 4.03. The fourth-order valence-corrected chi connectivity index (χ4v) is 1.67. The molecule has 1 heterocycles. The lowest BCUT2D eigenvalue weighted by atomic mass is 10.1. The van der Waals surface area contributed by atoms with Gasteiger partial charge in [0.2, 0.25) is 0 Å². The van der Waals surface area contributed by atoms with Gasteiger partial charge in [-0.3, -0.25) is 0 Å². The number of hydrogen-bond donors (Lipinski definition) is 1. The van der Waals surface area contributed by atoms with Gasteiger partial charge in [0, 0.05) is 10.9 Å². The summed E-state index contributed by atoms with van der Waals surface area (Å²) in [6, 6.07) is 0. The molecule has 0 spiro atoms. The summed E-state index contributed by atoms with van der Waals surface area (Å²) in [7, 11) is 0. The molecule has 62 valence electrons. The third kappa shape index (κ3) is 2.50. The predicted molar refractivity (Wildman–Crippen MR) is 49.8 cm³/mol. The fraction of sp³-hybridized carbons (Fsp3) is 0.625. The van der Waals surface area contributed by atoms with Gasteiger partial charge in [-0.25, -0.2) is 0 Å². The van der Waals surface area contributed by atoms with E-state index in [9.17, 15) is 0 Å². The van der Waals surface area contributed by atoms with E-state index in [0.29, 0.717) is 0 Å². The van der Waals surface area contributed by atoms with E-state index in [0.717, 1.165) is 12.2 Å². The molecule has 11 heavy (non-hydrogen) atoms. The first-order valence-corrected chi connectivity index (χ1v) is 4.87. The number of aryl methyl sites for hydroxylation is 1. The van der Waals surface area contributed by atoms with Crippen LogP contribution in [0.1, 0.15) is 31.7 Å². The minimum Gasteiger partial charge on any atom is -0.383 e. The van der Waals surface area contributed by atoms with Crippen molar-refractivity contribution >= 4 is 17.4 Å². The maximum absolute atomic E-state index is 5.62. The van der Waals surface area contributed by atoms with E-state index in [-0.39, 0.29) is 0 Å². The molecule has 3 heteroatoms. The molecule has 1 rings (SSSR count). The van der Waals surface area contributed by atoms with Crippen LogP contribution in [0.4, 0.5) is 5.82 Å². The highest BCUT2D eigenvalue weighted by atomic mass is 32.1. The monoisotopic (exact) mass is 170 g/mol. The van der Waals surface area contributed by atoms with Gasteiger partial charge in [0.15, 0.2) is 0 Å². The number of nitrogen functional groups attached to an aromatic ring is 1. The van der Waals surface area contributed by atoms with E-state index in [4.69, 9.17) is 5.73 Å². The Morgan fingerprint density at radius 3 is 2.91 bits per heavy atom. The molecule has 0 unspecified atom stereocenters. The quantitative estimate of drug-likeness (QED) is 0.705. The van der Waals surface area contributed by atoms with Gasteiger partial charge in [-0.15, -0.1) is 0 Å². The van der Waals surface area contributed by atoms with Crippen molar-refractivity contribution in [3.05, 3.63) is 10.9 Å². The molecule has 2 nitrogen and oxygen atoms in total. The summed E-state index contributed by atoms with van der Waals surface area (Å²) in [4.78, 5) is 0. The molecular formula is C8H14N2S. The van der Waals surface area contributed by atoms with Crippen LogP contribution in [0.5, 0.6) is 0 Å². The van der Waals surface area contributed by atoms with E-state index in [1.165, 1.54) is 36.4 Å². The first-order chi connectivity index (χ1) is 5.34.